The van der Waals surface area contributed by atoms with Gasteiger partial charge in [0, 0.05) is 34.5 Å². The molecule has 0 aromatic heterocycles. The first kappa shape index (κ1) is 16.5. The van der Waals surface area contributed by atoms with Crippen LogP contribution in [0.2, 0.25) is 0 Å². The zero-order valence-corrected chi connectivity index (χ0v) is 14.1. The molecule has 0 spiro atoms. The Bertz CT molecular complexity index is 594. The molecule has 0 bridgehead atoms. The maximum atomic E-state index is 14.1. The first-order chi connectivity index (χ1) is 10.2. The predicted octanol–water partition coefficient (Wildman–Crippen LogP) is 4.48. The van der Waals surface area contributed by atoms with Crippen molar-refractivity contribution in [2.75, 3.05) is 20.3 Å². The van der Waals surface area contributed by atoms with Crippen molar-refractivity contribution in [3.8, 4) is 0 Å². The van der Waals surface area contributed by atoms with Gasteiger partial charge in [-0.1, -0.05) is 39.8 Å². The number of halogens is 2. The molecule has 0 heterocycles. The molecule has 0 aliphatic heterocycles. The first-order valence-corrected chi connectivity index (χ1v) is 8.21. The lowest BCUT2D eigenvalue weighted by Gasteiger charge is -2.08. The van der Waals surface area contributed by atoms with Gasteiger partial charge in [-0.05, 0) is 35.9 Å². The van der Waals surface area contributed by atoms with E-state index in [0.29, 0.717) is 18.0 Å². The van der Waals surface area contributed by atoms with Crippen molar-refractivity contribution in [2.45, 2.75) is 16.3 Å². The number of benzene rings is 2. The summed E-state index contributed by atoms with van der Waals surface area (Å²) in [5.41, 5.74) is 0.933. The fourth-order valence-corrected chi connectivity index (χ4v) is 3.23. The molecule has 21 heavy (non-hydrogen) atoms. The van der Waals surface area contributed by atoms with Crippen molar-refractivity contribution >= 4 is 27.7 Å². The summed E-state index contributed by atoms with van der Waals surface area (Å²) in [7, 11) is 1.66. The van der Waals surface area contributed by atoms with E-state index in [0.717, 1.165) is 21.5 Å². The van der Waals surface area contributed by atoms with Gasteiger partial charge in [-0.25, -0.2) is 4.39 Å². The summed E-state index contributed by atoms with van der Waals surface area (Å²) in [6, 6.07) is 13.2. The van der Waals surface area contributed by atoms with Gasteiger partial charge in [0.1, 0.15) is 5.82 Å². The van der Waals surface area contributed by atoms with E-state index in [1.54, 1.807) is 13.2 Å². The molecule has 112 valence electrons. The number of hydrogen-bond donors (Lipinski definition) is 1. The first-order valence-electron chi connectivity index (χ1n) is 6.60. The molecular formula is C16H17BrFNOS. The Balaban J connectivity index is 1.98. The van der Waals surface area contributed by atoms with E-state index in [1.165, 1.54) is 11.8 Å². The Kier molecular flexibility index (Phi) is 6.70. The predicted molar refractivity (Wildman–Crippen MR) is 88.2 cm³/mol. The maximum absolute atomic E-state index is 14.1. The molecule has 0 atom stereocenters. The molecule has 0 fully saturated rings. The highest BCUT2D eigenvalue weighted by Gasteiger charge is 2.06. The fraction of sp³-hybridized carbons (Fsp3) is 0.250. The Labute approximate surface area is 137 Å². The minimum absolute atomic E-state index is 0.189. The summed E-state index contributed by atoms with van der Waals surface area (Å²) in [5, 5.41) is 3.20. The van der Waals surface area contributed by atoms with Crippen LogP contribution in [-0.2, 0) is 11.3 Å². The van der Waals surface area contributed by atoms with E-state index in [1.807, 2.05) is 36.4 Å². The second kappa shape index (κ2) is 8.54. The second-order valence-electron chi connectivity index (χ2n) is 4.49. The summed E-state index contributed by atoms with van der Waals surface area (Å²) >= 11 is 4.84. The molecule has 0 saturated carbocycles. The van der Waals surface area contributed by atoms with Crippen LogP contribution < -0.4 is 5.32 Å². The van der Waals surface area contributed by atoms with E-state index < -0.39 is 0 Å². The average Bonchev–Trinajstić information content (AvgIpc) is 2.46. The Morgan fingerprint density at radius 1 is 1.24 bits per heavy atom. The number of ether oxygens (including phenoxy) is 1. The zero-order chi connectivity index (χ0) is 15.1. The van der Waals surface area contributed by atoms with Crippen molar-refractivity contribution in [1.82, 2.24) is 5.32 Å². The molecule has 0 aliphatic carbocycles. The molecule has 2 rings (SSSR count). The Morgan fingerprint density at radius 3 is 2.81 bits per heavy atom. The zero-order valence-electron chi connectivity index (χ0n) is 11.7. The molecule has 2 nitrogen and oxygen atoms in total. The number of hydrogen-bond acceptors (Lipinski definition) is 3. The maximum Gasteiger partial charge on any atom is 0.137 e. The fourth-order valence-electron chi connectivity index (χ4n) is 1.80. The van der Waals surface area contributed by atoms with Crippen LogP contribution in [0.3, 0.4) is 0 Å². The molecule has 0 unspecified atom stereocenters. The smallest absolute Gasteiger partial charge is 0.137 e. The van der Waals surface area contributed by atoms with Gasteiger partial charge in [0.25, 0.3) is 0 Å². The number of methoxy groups -OCH3 is 1. The van der Waals surface area contributed by atoms with Gasteiger partial charge in [0.15, 0.2) is 0 Å². The van der Waals surface area contributed by atoms with Crippen LogP contribution in [0.25, 0.3) is 0 Å². The van der Waals surface area contributed by atoms with Crippen molar-refractivity contribution in [3.05, 3.63) is 58.3 Å². The third-order valence-corrected chi connectivity index (χ3v) is 4.37. The summed E-state index contributed by atoms with van der Waals surface area (Å²) in [6.45, 7) is 2.05. The summed E-state index contributed by atoms with van der Waals surface area (Å²) in [4.78, 5) is 1.64. The normalized spacial score (nSPS) is 10.8. The van der Waals surface area contributed by atoms with Crippen LogP contribution in [0, 0.1) is 5.82 Å². The standard InChI is InChI=1S/C16H17BrFNOS/c1-20-8-7-19-11-12-5-6-16(15(18)9-12)21-14-4-2-3-13(17)10-14/h2-6,9-10,19H,7-8,11H2,1H3. The van der Waals surface area contributed by atoms with Gasteiger partial charge < -0.3 is 10.1 Å². The van der Waals surface area contributed by atoms with Gasteiger partial charge in [-0.2, -0.15) is 0 Å². The summed E-state index contributed by atoms with van der Waals surface area (Å²) < 4.78 is 20.1. The van der Waals surface area contributed by atoms with Gasteiger partial charge in [-0.3, -0.25) is 0 Å². The molecular weight excluding hydrogens is 353 g/mol. The van der Waals surface area contributed by atoms with E-state index in [9.17, 15) is 4.39 Å². The topological polar surface area (TPSA) is 21.3 Å². The van der Waals surface area contributed by atoms with Crippen molar-refractivity contribution in [3.63, 3.8) is 0 Å². The molecule has 0 amide bonds. The van der Waals surface area contributed by atoms with Gasteiger partial charge in [0.05, 0.1) is 6.61 Å². The molecule has 2 aromatic rings. The highest BCUT2D eigenvalue weighted by molar-refractivity contribution is 9.10. The molecule has 0 aliphatic rings. The largest absolute Gasteiger partial charge is 0.383 e. The monoisotopic (exact) mass is 369 g/mol. The molecule has 0 saturated heterocycles. The van der Waals surface area contributed by atoms with Crippen molar-refractivity contribution in [1.29, 1.82) is 0 Å². The second-order valence-corrected chi connectivity index (χ2v) is 6.52. The quantitative estimate of drug-likeness (QED) is 0.727. The molecule has 5 heteroatoms. The lowest BCUT2D eigenvalue weighted by Crippen LogP contribution is -2.18. The minimum atomic E-state index is -0.189. The highest BCUT2D eigenvalue weighted by Crippen LogP contribution is 2.31. The minimum Gasteiger partial charge on any atom is -0.383 e. The number of rotatable bonds is 7. The van der Waals surface area contributed by atoms with Crippen molar-refractivity contribution in [2.24, 2.45) is 0 Å². The Morgan fingerprint density at radius 2 is 2.10 bits per heavy atom. The van der Waals surface area contributed by atoms with Gasteiger partial charge in [-0.15, -0.1) is 0 Å². The van der Waals surface area contributed by atoms with Crippen LogP contribution in [0.5, 0.6) is 0 Å². The van der Waals surface area contributed by atoms with Gasteiger partial charge in [0.2, 0.25) is 0 Å². The van der Waals surface area contributed by atoms with Crippen LogP contribution >= 0.6 is 27.7 Å². The van der Waals surface area contributed by atoms with E-state index in [2.05, 4.69) is 21.2 Å². The van der Waals surface area contributed by atoms with Crippen LogP contribution in [-0.4, -0.2) is 20.3 Å². The molecule has 1 N–H and O–H groups in total. The summed E-state index contributed by atoms with van der Waals surface area (Å²) in [6.07, 6.45) is 0. The third kappa shape index (κ3) is 5.43. The van der Waals surface area contributed by atoms with Crippen LogP contribution in [0.1, 0.15) is 5.56 Å². The van der Waals surface area contributed by atoms with E-state index >= 15 is 0 Å². The lowest BCUT2D eigenvalue weighted by molar-refractivity contribution is 0.199. The highest BCUT2D eigenvalue weighted by atomic mass is 79.9. The third-order valence-electron chi connectivity index (χ3n) is 2.83. The summed E-state index contributed by atoms with van der Waals surface area (Å²) in [5.74, 6) is -0.189. The molecule has 0 radical (unpaired) electrons. The van der Waals surface area contributed by atoms with Crippen molar-refractivity contribution < 1.29 is 9.13 Å². The average molecular weight is 370 g/mol. The SMILES string of the molecule is COCCNCc1ccc(Sc2cccc(Br)c2)c(F)c1. The van der Waals surface area contributed by atoms with Crippen LogP contribution in [0.15, 0.2) is 56.7 Å². The van der Waals surface area contributed by atoms with E-state index in [4.69, 9.17) is 4.74 Å². The lowest BCUT2D eigenvalue weighted by atomic mass is 10.2. The van der Waals surface area contributed by atoms with Crippen LogP contribution in [0.4, 0.5) is 4.39 Å². The Hall–Kier alpha value is -0.880. The van der Waals surface area contributed by atoms with Gasteiger partial charge >= 0.3 is 0 Å². The molecule has 2 aromatic carbocycles. The van der Waals surface area contributed by atoms with E-state index in [-0.39, 0.29) is 5.82 Å². The number of nitrogens with one attached hydrogen (secondary N) is 1.